The van der Waals surface area contributed by atoms with Crippen LogP contribution in [0.2, 0.25) is 0 Å². The van der Waals surface area contributed by atoms with Gasteiger partial charge < -0.3 is 5.73 Å². The molecule has 0 aliphatic heterocycles. The van der Waals surface area contributed by atoms with Gasteiger partial charge in [-0.05, 0) is 30.7 Å². The summed E-state index contributed by atoms with van der Waals surface area (Å²) >= 11 is 0. The van der Waals surface area contributed by atoms with Crippen LogP contribution in [0.15, 0.2) is 30.6 Å². The molecule has 0 aliphatic rings. The van der Waals surface area contributed by atoms with Crippen molar-refractivity contribution in [2.24, 2.45) is 5.73 Å². The van der Waals surface area contributed by atoms with Crippen molar-refractivity contribution in [3.8, 4) is 0 Å². The first-order valence-electron chi connectivity index (χ1n) is 4.03. The number of nitrogens with two attached hydrogens (primary N) is 1. The van der Waals surface area contributed by atoms with E-state index in [4.69, 9.17) is 5.73 Å². The number of pyridine rings is 1. The lowest BCUT2D eigenvalue weighted by Gasteiger charge is -1.94. The third-order valence-electron chi connectivity index (χ3n) is 1.92. The molecule has 0 saturated heterocycles. The molecule has 0 unspecified atom stereocenters. The van der Waals surface area contributed by atoms with Gasteiger partial charge in [0.2, 0.25) is 0 Å². The van der Waals surface area contributed by atoms with Gasteiger partial charge in [0.25, 0.3) is 0 Å². The van der Waals surface area contributed by atoms with Crippen LogP contribution >= 0.6 is 24.8 Å². The normalized spacial score (nSPS) is 9.21. The molecule has 0 amide bonds. The summed E-state index contributed by atoms with van der Waals surface area (Å²) in [6.07, 6.45) is 4.71. The molecular formula is C9H13Cl2N3. The highest BCUT2D eigenvalue weighted by Gasteiger charge is 2.00. The zero-order valence-electron chi connectivity index (χ0n) is 7.59. The predicted molar refractivity (Wildman–Crippen MR) is 62.4 cm³/mol. The summed E-state index contributed by atoms with van der Waals surface area (Å²) in [5, 5.41) is 4.20. The van der Waals surface area contributed by atoms with E-state index in [-0.39, 0.29) is 24.8 Å². The minimum Gasteiger partial charge on any atom is -0.330 e. The first-order valence-corrected chi connectivity index (χ1v) is 4.03. The van der Waals surface area contributed by atoms with Gasteiger partial charge in [-0.15, -0.1) is 24.8 Å². The summed E-state index contributed by atoms with van der Waals surface area (Å²) < 4.78 is 1.87. The lowest BCUT2D eigenvalue weighted by molar-refractivity contribution is 0.961. The zero-order valence-corrected chi connectivity index (χ0v) is 9.22. The van der Waals surface area contributed by atoms with Crippen LogP contribution in [0.1, 0.15) is 5.56 Å². The molecule has 2 heterocycles. The van der Waals surface area contributed by atoms with Gasteiger partial charge in [0.05, 0.1) is 11.7 Å². The number of hydrogen-bond donors (Lipinski definition) is 1. The highest BCUT2D eigenvalue weighted by molar-refractivity contribution is 5.85. The largest absolute Gasteiger partial charge is 0.330 e. The van der Waals surface area contributed by atoms with E-state index in [1.807, 2.05) is 29.0 Å². The first kappa shape index (κ1) is 13.2. The Bertz CT molecular complexity index is 386. The quantitative estimate of drug-likeness (QED) is 0.859. The molecular weight excluding hydrogens is 221 g/mol. The number of fused-ring (bicyclic) bond motifs is 1. The third kappa shape index (κ3) is 2.38. The van der Waals surface area contributed by atoms with Crippen LogP contribution in [-0.2, 0) is 6.42 Å². The molecule has 2 rings (SSSR count). The molecule has 2 aromatic heterocycles. The number of aromatic nitrogens is 2. The van der Waals surface area contributed by atoms with Gasteiger partial charge in [0, 0.05) is 6.20 Å². The van der Waals surface area contributed by atoms with Gasteiger partial charge in [-0.3, -0.25) is 0 Å². The Morgan fingerprint density at radius 3 is 2.79 bits per heavy atom. The minimum atomic E-state index is 0. The average molecular weight is 234 g/mol. The van der Waals surface area contributed by atoms with E-state index >= 15 is 0 Å². The summed E-state index contributed by atoms with van der Waals surface area (Å²) in [5.41, 5.74) is 7.85. The van der Waals surface area contributed by atoms with Crippen LogP contribution < -0.4 is 5.73 Å². The molecule has 2 N–H and O–H groups in total. The van der Waals surface area contributed by atoms with Crippen molar-refractivity contribution in [1.29, 1.82) is 0 Å². The fraction of sp³-hybridized carbons (Fsp3) is 0.222. The van der Waals surface area contributed by atoms with E-state index in [9.17, 15) is 0 Å². The molecule has 0 atom stereocenters. The van der Waals surface area contributed by atoms with Crippen LogP contribution in [0.25, 0.3) is 5.52 Å². The molecule has 78 valence electrons. The summed E-state index contributed by atoms with van der Waals surface area (Å²) in [5.74, 6) is 0. The second-order valence-corrected chi connectivity index (χ2v) is 2.74. The monoisotopic (exact) mass is 233 g/mol. The smallest absolute Gasteiger partial charge is 0.0694 e. The van der Waals surface area contributed by atoms with Crippen LogP contribution in [0.3, 0.4) is 0 Å². The SMILES string of the molecule is Cl.Cl.NCCc1cnn2ccccc12. The number of halogens is 2. The third-order valence-corrected chi connectivity index (χ3v) is 1.92. The second-order valence-electron chi connectivity index (χ2n) is 2.74. The Morgan fingerprint density at radius 1 is 1.29 bits per heavy atom. The standard InChI is InChI=1S/C9H11N3.2ClH/c10-5-4-8-7-11-12-6-2-1-3-9(8)12;;/h1-3,6-7H,4-5,10H2;2*1H. The lowest BCUT2D eigenvalue weighted by atomic mass is 10.2. The highest BCUT2D eigenvalue weighted by atomic mass is 35.5. The first-order chi connectivity index (χ1) is 5.92. The molecule has 0 saturated carbocycles. The Morgan fingerprint density at radius 2 is 2.07 bits per heavy atom. The molecule has 0 bridgehead atoms. The maximum atomic E-state index is 5.47. The van der Waals surface area contributed by atoms with E-state index < -0.39 is 0 Å². The topological polar surface area (TPSA) is 43.3 Å². The highest BCUT2D eigenvalue weighted by Crippen LogP contribution is 2.09. The van der Waals surface area contributed by atoms with Crippen molar-refractivity contribution < 1.29 is 0 Å². The Balaban J connectivity index is 0.000000845. The van der Waals surface area contributed by atoms with Gasteiger partial charge in [-0.1, -0.05) is 6.07 Å². The molecule has 5 heteroatoms. The van der Waals surface area contributed by atoms with Crippen LogP contribution in [0.4, 0.5) is 0 Å². The number of hydrogen-bond acceptors (Lipinski definition) is 2. The molecule has 0 aromatic carbocycles. The molecule has 3 nitrogen and oxygen atoms in total. The van der Waals surface area contributed by atoms with Crippen molar-refractivity contribution >= 4 is 30.3 Å². The van der Waals surface area contributed by atoms with Crippen LogP contribution in [0, 0.1) is 0 Å². The van der Waals surface area contributed by atoms with Crippen LogP contribution in [-0.4, -0.2) is 16.2 Å². The molecule has 0 aliphatic carbocycles. The van der Waals surface area contributed by atoms with E-state index in [2.05, 4.69) is 11.2 Å². The van der Waals surface area contributed by atoms with E-state index in [1.54, 1.807) is 0 Å². The van der Waals surface area contributed by atoms with E-state index in [1.165, 1.54) is 5.56 Å². The Hall–Kier alpha value is -0.770. The molecule has 0 spiro atoms. The van der Waals surface area contributed by atoms with Gasteiger partial charge in [-0.25, -0.2) is 4.52 Å². The van der Waals surface area contributed by atoms with Crippen LogP contribution in [0.5, 0.6) is 0 Å². The number of rotatable bonds is 2. The summed E-state index contributed by atoms with van der Waals surface area (Å²) in [4.78, 5) is 0. The molecule has 0 radical (unpaired) electrons. The van der Waals surface area contributed by atoms with Gasteiger partial charge >= 0.3 is 0 Å². The molecule has 14 heavy (non-hydrogen) atoms. The average Bonchev–Trinajstić information content (AvgIpc) is 2.50. The van der Waals surface area contributed by atoms with Crippen molar-refractivity contribution in [3.05, 3.63) is 36.2 Å². The zero-order chi connectivity index (χ0) is 8.39. The minimum absolute atomic E-state index is 0. The second kappa shape index (κ2) is 5.86. The van der Waals surface area contributed by atoms with E-state index in [0.29, 0.717) is 6.54 Å². The van der Waals surface area contributed by atoms with Crippen molar-refractivity contribution in [2.45, 2.75) is 6.42 Å². The lowest BCUT2D eigenvalue weighted by Crippen LogP contribution is -2.02. The fourth-order valence-corrected chi connectivity index (χ4v) is 1.34. The molecule has 0 fully saturated rings. The fourth-order valence-electron chi connectivity index (χ4n) is 1.34. The summed E-state index contributed by atoms with van der Waals surface area (Å²) in [6.45, 7) is 0.677. The molecule has 2 aromatic rings. The van der Waals surface area contributed by atoms with Gasteiger partial charge in [0.1, 0.15) is 0 Å². The Kier molecular flexibility index (Phi) is 5.53. The number of nitrogens with zero attached hydrogens (tertiary/aromatic N) is 2. The maximum Gasteiger partial charge on any atom is 0.0694 e. The van der Waals surface area contributed by atoms with E-state index in [0.717, 1.165) is 11.9 Å². The Labute approximate surface area is 95.1 Å². The maximum absolute atomic E-state index is 5.47. The van der Waals surface area contributed by atoms with Crippen molar-refractivity contribution in [1.82, 2.24) is 9.61 Å². The van der Waals surface area contributed by atoms with Crippen molar-refractivity contribution in [2.75, 3.05) is 6.54 Å². The predicted octanol–water partition coefficient (Wildman–Crippen LogP) is 1.68. The summed E-state index contributed by atoms with van der Waals surface area (Å²) in [6, 6.07) is 6.03. The van der Waals surface area contributed by atoms with Gasteiger partial charge in [0.15, 0.2) is 0 Å². The summed E-state index contributed by atoms with van der Waals surface area (Å²) in [7, 11) is 0. The van der Waals surface area contributed by atoms with Gasteiger partial charge in [-0.2, -0.15) is 5.10 Å². The van der Waals surface area contributed by atoms with Crippen molar-refractivity contribution in [3.63, 3.8) is 0 Å².